The molecule has 1 atom stereocenters. The van der Waals surface area contributed by atoms with Crippen LogP contribution in [0.3, 0.4) is 0 Å². The summed E-state index contributed by atoms with van der Waals surface area (Å²) in [5.74, 6) is 1.34. The van der Waals surface area contributed by atoms with E-state index in [2.05, 4.69) is 28.9 Å². The maximum atomic E-state index is 12.5. The number of carbonyl (C=O) groups is 1. The lowest BCUT2D eigenvalue weighted by Gasteiger charge is -2.36. The summed E-state index contributed by atoms with van der Waals surface area (Å²) in [4.78, 5) is 21.2. The van der Waals surface area contributed by atoms with E-state index in [0.717, 1.165) is 24.2 Å². The van der Waals surface area contributed by atoms with Crippen LogP contribution in [0.2, 0.25) is 0 Å². The van der Waals surface area contributed by atoms with Gasteiger partial charge in [0.25, 0.3) is 5.91 Å². The summed E-state index contributed by atoms with van der Waals surface area (Å²) in [6.45, 7) is 7.12. The molecule has 140 valence electrons. The van der Waals surface area contributed by atoms with Crippen molar-refractivity contribution < 1.29 is 9.32 Å². The average molecular weight is 382 g/mol. The molecular formula is C20H22N4O2S. The molecular weight excluding hydrogens is 360 g/mol. The largest absolute Gasteiger partial charge is 0.337 e. The van der Waals surface area contributed by atoms with Gasteiger partial charge in [-0.15, -0.1) is 0 Å². The van der Waals surface area contributed by atoms with Gasteiger partial charge in [0.2, 0.25) is 11.7 Å². The van der Waals surface area contributed by atoms with Crippen molar-refractivity contribution in [3.05, 3.63) is 58.1 Å². The molecule has 0 saturated carbocycles. The van der Waals surface area contributed by atoms with E-state index in [1.165, 1.54) is 5.56 Å². The van der Waals surface area contributed by atoms with E-state index >= 15 is 0 Å². The standard InChI is InChI=1S/C20H22N4O2S/c1-14-3-5-16(6-4-14)18-21-19(26-22-18)15(2)23-8-10-24(11-9-23)20(25)17-7-12-27-13-17/h3-7,12-13,15H,8-11H2,1-2H3. The Kier molecular flexibility index (Phi) is 5.05. The van der Waals surface area contributed by atoms with Crippen LogP contribution < -0.4 is 0 Å². The van der Waals surface area contributed by atoms with Gasteiger partial charge < -0.3 is 9.42 Å². The number of carbonyl (C=O) groups excluding carboxylic acids is 1. The van der Waals surface area contributed by atoms with Gasteiger partial charge in [-0.05, 0) is 25.3 Å². The van der Waals surface area contributed by atoms with Crippen LogP contribution in [0.4, 0.5) is 0 Å². The van der Waals surface area contributed by atoms with Crippen molar-refractivity contribution in [2.45, 2.75) is 19.9 Å². The van der Waals surface area contributed by atoms with Crippen LogP contribution >= 0.6 is 11.3 Å². The first-order valence-electron chi connectivity index (χ1n) is 9.08. The molecule has 0 spiro atoms. The molecule has 0 aliphatic carbocycles. The molecule has 6 nitrogen and oxygen atoms in total. The molecule has 4 rings (SSSR count). The summed E-state index contributed by atoms with van der Waals surface area (Å²) in [5.41, 5.74) is 2.93. The zero-order valence-electron chi connectivity index (χ0n) is 15.5. The first-order chi connectivity index (χ1) is 13.1. The lowest BCUT2D eigenvalue weighted by Crippen LogP contribution is -2.49. The summed E-state index contributed by atoms with van der Waals surface area (Å²) >= 11 is 1.55. The van der Waals surface area contributed by atoms with Crippen LogP contribution in [0.25, 0.3) is 11.4 Å². The second-order valence-corrected chi connectivity index (χ2v) is 7.62. The van der Waals surface area contributed by atoms with Crippen molar-refractivity contribution in [2.75, 3.05) is 26.2 Å². The fourth-order valence-corrected chi connectivity index (χ4v) is 3.89. The number of piperazine rings is 1. The minimum absolute atomic E-state index is 0.0232. The van der Waals surface area contributed by atoms with E-state index in [1.807, 2.05) is 46.0 Å². The van der Waals surface area contributed by atoms with E-state index in [9.17, 15) is 4.79 Å². The molecule has 3 aromatic rings. The first-order valence-corrected chi connectivity index (χ1v) is 10.0. The molecule has 1 amide bonds. The number of aromatic nitrogens is 2. The summed E-state index contributed by atoms with van der Waals surface area (Å²) in [6, 6.07) is 9.99. The van der Waals surface area contributed by atoms with Gasteiger partial charge in [-0.2, -0.15) is 16.3 Å². The lowest BCUT2D eigenvalue weighted by molar-refractivity contribution is 0.0552. The first kappa shape index (κ1) is 17.9. The Hall–Kier alpha value is -2.51. The molecule has 27 heavy (non-hydrogen) atoms. The molecule has 1 aromatic carbocycles. The number of thiophene rings is 1. The molecule has 1 aliphatic rings. The fourth-order valence-electron chi connectivity index (χ4n) is 3.26. The van der Waals surface area contributed by atoms with E-state index in [-0.39, 0.29) is 11.9 Å². The molecule has 1 fully saturated rings. The Morgan fingerprint density at radius 3 is 2.56 bits per heavy atom. The zero-order chi connectivity index (χ0) is 18.8. The van der Waals surface area contributed by atoms with Gasteiger partial charge in [-0.1, -0.05) is 35.0 Å². The Morgan fingerprint density at radius 1 is 1.15 bits per heavy atom. The quantitative estimate of drug-likeness (QED) is 0.690. The third kappa shape index (κ3) is 3.79. The highest BCUT2D eigenvalue weighted by molar-refractivity contribution is 7.08. The van der Waals surface area contributed by atoms with Crippen LogP contribution in [0.15, 0.2) is 45.6 Å². The monoisotopic (exact) mass is 382 g/mol. The summed E-state index contributed by atoms with van der Waals surface area (Å²) < 4.78 is 5.52. The SMILES string of the molecule is Cc1ccc(-c2noc(C(C)N3CCN(C(=O)c4ccsc4)CC3)n2)cc1. The minimum atomic E-state index is 0.0232. The van der Waals surface area contributed by atoms with Gasteiger partial charge in [0.1, 0.15) is 0 Å². The second-order valence-electron chi connectivity index (χ2n) is 6.84. The van der Waals surface area contributed by atoms with E-state index in [0.29, 0.717) is 24.8 Å². The summed E-state index contributed by atoms with van der Waals surface area (Å²) in [7, 11) is 0. The molecule has 0 N–H and O–H groups in total. The number of rotatable bonds is 4. The van der Waals surface area contributed by atoms with Crippen molar-refractivity contribution >= 4 is 17.2 Å². The van der Waals surface area contributed by atoms with Crippen LogP contribution in [0, 0.1) is 6.92 Å². The predicted molar refractivity (Wildman–Crippen MR) is 105 cm³/mol. The van der Waals surface area contributed by atoms with Gasteiger partial charge in [-0.3, -0.25) is 9.69 Å². The van der Waals surface area contributed by atoms with Crippen molar-refractivity contribution in [3.63, 3.8) is 0 Å². The number of hydrogen-bond donors (Lipinski definition) is 0. The van der Waals surface area contributed by atoms with Gasteiger partial charge in [-0.25, -0.2) is 0 Å². The topological polar surface area (TPSA) is 62.5 Å². The maximum Gasteiger partial charge on any atom is 0.254 e. The average Bonchev–Trinajstić information content (AvgIpc) is 3.40. The Morgan fingerprint density at radius 2 is 1.89 bits per heavy atom. The number of benzene rings is 1. The Labute approximate surface area is 162 Å². The molecule has 0 radical (unpaired) electrons. The van der Waals surface area contributed by atoms with Crippen LogP contribution in [0.1, 0.15) is 34.8 Å². The Bertz CT molecular complexity index is 896. The van der Waals surface area contributed by atoms with E-state index < -0.39 is 0 Å². The van der Waals surface area contributed by atoms with E-state index in [4.69, 9.17) is 4.52 Å². The predicted octanol–water partition coefficient (Wildman–Crippen LogP) is 3.63. The lowest BCUT2D eigenvalue weighted by atomic mass is 10.1. The second kappa shape index (κ2) is 7.62. The highest BCUT2D eigenvalue weighted by atomic mass is 32.1. The van der Waals surface area contributed by atoms with Gasteiger partial charge in [0.15, 0.2) is 0 Å². The van der Waals surface area contributed by atoms with Crippen molar-refractivity contribution in [2.24, 2.45) is 0 Å². The van der Waals surface area contributed by atoms with Gasteiger partial charge >= 0.3 is 0 Å². The fraction of sp³-hybridized carbons (Fsp3) is 0.350. The minimum Gasteiger partial charge on any atom is -0.337 e. The van der Waals surface area contributed by atoms with Gasteiger partial charge in [0.05, 0.1) is 11.6 Å². The maximum absolute atomic E-state index is 12.5. The zero-order valence-corrected chi connectivity index (χ0v) is 16.3. The van der Waals surface area contributed by atoms with E-state index in [1.54, 1.807) is 11.3 Å². The van der Waals surface area contributed by atoms with Crippen molar-refractivity contribution in [3.8, 4) is 11.4 Å². The summed E-state index contributed by atoms with van der Waals surface area (Å²) in [5, 5.41) is 7.98. The normalized spacial score (nSPS) is 16.4. The number of aryl methyl sites for hydroxylation is 1. The highest BCUT2D eigenvalue weighted by Crippen LogP contribution is 2.24. The molecule has 7 heteroatoms. The van der Waals surface area contributed by atoms with Gasteiger partial charge in [0, 0.05) is 37.1 Å². The number of nitrogens with zero attached hydrogens (tertiary/aromatic N) is 4. The number of hydrogen-bond acceptors (Lipinski definition) is 6. The molecule has 1 aliphatic heterocycles. The Balaban J connectivity index is 1.39. The molecule has 1 saturated heterocycles. The molecule has 0 bridgehead atoms. The number of amides is 1. The molecule has 2 aromatic heterocycles. The molecule has 1 unspecified atom stereocenters. The smallest absolute Gasteiger partial charge is 0.254 e. The van der Waals surface area contributed by atoms with Crippen LogP contribution in [-0.4, -0.2) is 52.0 Å². The third-order valence-corrected chi connectivity index (χ3v) is 5.71. The third-order valence-electron chi connectivity index (χ3n) is 5.03. The van der Waals surface area contributed by atoms with Crippen LogP contribution in [0.5, 0.6) is 0 Å². The molecule has 3 heterocycles. The summed E-state index contributed by atoms with van der Waals surface area (Å²) in [6.07, 6.45) is 0. The van der Waals surface area contributed by atoms with Crippen molar-refractivity contribution in [1.82, 2.24) is 19.9 Å². The van der Waals surface area contributed by atoms with Crippen molar-refractivity contribution in [1.29, 1.82) is 0 Å². The highest BCUT2D eigenvalue weighted by Gasteiger charge is 2.28. The van der Waals surface area contributed by atoms with Crippen LogP contribution in [-0.2, 0) is 0 Å².